The molecular formula is C15H22IN7O4S. The Balaban J connectivity index is 0.00000392. The van der Waals surface area contributed by atoms with E-state index >= 15 is 0 Å². The molecule has 11 nitrogen and oxygen atoms in total. The van der Waals surface area contributed by atoms with Crippen molar-refractivity contribution in [1.82, 2.24) is 25.1 Å². The van der Waals surface area contributed by atoms with Crippen molar-refractivity contribution in [2.45, 2.75) is 11.4 Å². The van der Waals surface area contributed by atoms with Gasteiger partial charge in [0.05, 0.1) is 22.1 Å². The number of guanidine groups is 1. The zero-order chi connectivity index (χ0) is 19.9. The van der Waals surface area contributed by atoms with Crippen molar-refractivity contribution in [3.05, 3.63) is 52.3 Å². The molecular weight excluding hydrogens is 501 g/mol. The second kappa shape index (κ2) is 10.9. The number of halogens is 1. The van der Waals surface area contributed by atoms with Crippen molar-refractivity contribution in [3.8, 4) is 0 Å². The Labute approximate surface area is 179 Å². The summed E-state index contributed by atoms with van der Waals surface area (Å²) in [6.45, 7) is 0.867. The molecule has 28 heavy (non-hydrogen) atoms. The van der Waals surface area contributed by atoms with Gasteiger partial charge in [-0.2, -0.15) is 5.10 Å². The summed E-state index contributed by atoms with van der Waals surface area (Å²) >= 11 is 0. The molecule has 0 saturated carbocycles. The molecule has 13 heteroatoms. The fourth-order valence-electron chi connectivity index (χ4n) is 2.18. The standard InChI is InChI=1S/C15H21N7O4S.HI/c1-16-15(18-11-13-6-7-19-21(13)2)17-8-9-20-27(25,26)14-5-3-4-12(10-14)22(23)24;/h3-7,10,20H,8-9,11H2,1-2H3,(H2,16,17,18);1H. The topological polar surface area (TPSA) is 144 Å². The molecule has 0 radical (unpaired) electrons. The molecule has 154 valence electrons. The number of nitrogens with one attached hydrogen (secondary N) is 3. The molecule has 0 aliphatic carbocycles. The van der Waals surface area contributed by atoms with Crippen LogP contribution >= 0.6 is 24.0 Å². The SMILES string of the molecule is CN=C(NCCNS(=O)(=O)c1cccc([N+](=O)[O-])c1)NCc1ccnn1C.I. The van der Waals surface area contributed by atoms with Crippen molar-refractivity contribution >= 4 is 45.6 Å². The normalized spacial score (nSPS) is 11.6. The summed E-state index contributed by atoms with van der Waals surface area (Å²) in [5.74, 6) is 0.505. The molecule has 1 aromatic heterocycles. The molecule has 2 rings (SSSR count). The van der Waals surface area contributed by atoms with E-state index in [1.807, 2.05) is 13.1 Å². The average Bonchev–Trinajstić information content (AvgIpc) is 3.06. The molecule has 0 amide bonds. The molecule has 1 aromatic carbocycles. The van der Waals surface area contributed by atoms with Gasteiger partial charge in [0.15, 0.2) is 5.96 Å². The van der Waals surface area contributed by atoms with Crippen LogP contribution in [0.2, 0.25) is 0 Å². The first kappa shape index (κ1) is 23.8. The Hall–Kier alpha value is -2.26. The number of nitrogens with zero attached hydrogens (tertiary/aromatic N) is 4. The number of nitro benzene ring substituents is 1. The number of hydrogen-bond donors (Lipinski definition) is 3. The summed E-state index contributed by atoms with van der Waals surface area (Å²) in [5.41, 5.74) is 0.681. The van der Waals surface area contributed by atoms with Crippen molar-refractivity contribution in [3.63, 3.8) is 0 Å². The van der Waals surface area contributed by atoms with Gasteiger partial charge in [0.2, 0.25) is 10.0 Å². The summed E-state index contributed by atoms with van der Waals surface area (Å²) in [7, 11) is -0.408. The van der Waals surface area contributed by atoms with Crippen molar-refractivity contribution in [1.29, 1.82) is 0 Å². The van der Waals surface area contributed by atoms with Gasteiger partial charge in [-0.05, 0) is 12.1 Å². The van der Waals surface area contributed by atoms with E-state index in [0.717, 1.165) is 11.8 Å². The second-order valence-corrected chi connectivity index (χ2v) is 7.22. The minimum absolute atomic E-state index is 0. The zero-order valence-electron chi connectivity index (χ0n) is 15.3. The highest BCUT2D eigenvalue weighted by molar-refractivity contribution is 14.0. The largest absolute Gasteiger partial charge is 0.355 e. The molecule has 1 heterocycles. The molecule has 0 spiro atoms. The van der Waals surface area contributed by atoms with Gasteiger partial charge in [-0.15, -0.1) is 24.0 Å². The minimum Gasteiger partial charge on any atom is -0.355 e. The molecule has 0 unspecified atom stereocenters. The van der Waals surface area contributed by atoms with Gasteiger partial charge in [-0.3, -0.25) is 19.8 Å². The van der Waals surface area contributed by atoms with E-state index in [0.29, 0.717) is 12.5 Å². The Bertz CT molecular complexity index is 930. The number of non-ortho nitro benzene ring substituents is 1. The first-order valence-electron chi connectivity index (χ1n) is 7.99. The van der Waals surface area contributed by atoms with Crippen LogP contribution in [0.5, 0.6) is 0 Å². The van der Waals surface area contributed by atoms with E-state index < -0.39 is 14.9 Å². The van der Waals surface area contributed by atoms with Crippen LogP contribution in [0.25, 0.3) is 0 Å². The van der Waals surface area contributed by atoms with Gasteiger partial charge in [0, 0.05) is 45.5 Å². The first-order chi connectivity index (χ1) is 12.8. The molecule has 3 N–H and O–H groups in total. The predicted octanol–water partition coefficient (Wildman–Crippen LogP) is 0.590. The first-order valence-corrected chi connectivity index (χ1v) is 9.47. The van der Waals surface area contributed by atoms with Gasteiger partial charge in [-0.1, -0.05) is 6.07 Å². The van der Waals surface area contributed by atoms with Crippen LogP contribution in [0.4, 0.5) is 5.69 Å². The summed E-state index contributed by atoms with van der Waals surface area (Å²) in [6, 6.07) is 6.75. The number of sulfonamides is 1. The lowest BCUT2D eigenvalue weighted by atomic mass is 10.3. The van der Waals surface area contributed by atoms with E-state index in [4.69, 9.17) is 0 Å². The number of nitro groups is 1. The van der Waals surface area contributed by atoms with Crippen molar-refractivity contribution in [2.75, 3.05) is 20.1 Å². The number of benzene rings is 1. The number of hydrogen-bond acceptors (Lipinski definition) is 6. The number of rotatable bonds is 8. The van der Waals surface area contributed by atoms with E-state index in [-0.39, 0.29) is 47.6 Å². The fourth-order valence-corrected chi connectivity index (χ4v) is 3.25. The third kappa shape index (κ3) is 6.72. The fraction of sp³-hybridized carbons (Fsp3) is 0.333. The smallest absolute Gasteiger partial charge is 0.270 e. The zero-order valence-corrected chi connectivity index (χ0v) is 18.5. The van der Waals surface area contributed by atoms with E-state index in [1.165, 1.54) is 18.2 Å². The summed E-state index contributed by atoms with van der Waals surface area (Å²) in [4.78, 5) is 14.0. The lowest BCUT2D eigenvalue weighted by Crippen LogP contribution is -2.41. The third-order valence-electron chi connectivity index (χ3n) is 3.63. The summed E-state index contributed by atoms with van der Waals surface area (Å²) in [6.07, 6.45) is 1.69. The van der Waals surface area contributed by atoms with Crippen LogP contribution in [0.1, 0.15) is 5.69 Å². The molecule has 0 saturated heterocycles. The third-order valence-corrected chi connectivity index (χ3v) is 5.09. The molecule has 2 aromatic rings. The quantitative estimate of drug-likeness (QED) is 0.115. The maximum Gasteiger partial charge on any atom is 0.270 e. The van der Waals surface area contributed by atoms with Gasteiger partial charge in [-0.25, -0.2) is 13.1 Å². The Kier molecular flexibility index (Phi) is 9.27. The highest BCUT2D eigenvalue weighted by Gasteiger charge is 2.17. The number of aliphatic imine (C=N–C) groups is 1. The number of aromatic nitrogens is 2. The predicted molar refractivity (Wildman–Crippen MR) is 115 cm³/mol. The van der Waals surface area contributed by atoms with Crippen LogP contribution in [0, 0.1) is 10.1 Å². The van der Waals surface area contributed by atoms with E-state index in [1.54, 1.807) is 17.9 Å². The molecule has 0 aliphatic heterocycles. The molecule has 0 atom stereocenters. The molecule has 0 aliphatic rings. The summed E-state index contributed by atoms with van der Waals surface area (Å²) < 4.78 is 28.6. The maximum atomic E-state index is 12.2. The lowest BCUT2D eigenvalue weighted by molar-refractivity contribution is -0.385. The van der Waals surface area contributed by atoms with Crippen molar-refractivity contribution < 1.29 is 13.3 Å². The average molecular weight is 523 g/mol. The van der Waals surface area contributed by atoms with Gasteiger partial charge >= 0.3 is 0 Å². The highest BCUT2D eigenvalue weighted by Crippen LogP contribution is 2.16. The van der Waals surface area contributed by atoms with Crippen LogP contribution in [0.15, 0.2) is 46.4 Å². The van der Waals surface area contributed by atoms with Crippen molar-refractivity contribution in [2.24, 2.45) is 12.0 Å². The van der Waals surface area contributed by atoms with Gasteiger partial charge < -0.3 is 10.6 Å². The minimum atomic E-state index is -3.84. The second-order valence-electron chi connectivity index (χ2n) is 5.45. The molecule has 0 fully saturated rings. The molecule has 0 bridgehead atoms. The van der Waals surface area contributed by atoms with Gasteiger partial charge in [0.1, 0.15) is 0 Å². The van der Waals surface area contributed by atoms with Crippen LogP contribution in [0.3, 0.4) is 0 Å². The lowest BCUT2D eigenvalue weighted by Gasteiger charge is -2.12. The van der Waals surface area contributed by atoms with E-state index in [2.05, 4.69) is 25.4 Å². The maximum absolute atomic E-state index is 12.2. The Morgan fingerprint density at radius 2 is 2.04 bits per heavy atom. The summed E-state index contributed by atoms with van der Waals surface area (Å²) in [5, 5.41) is 20.9. The number of aryl methyl sites for hydroxylation is 1. The Morgan fingerprint density at radius 3 is 2.64 bits per heavy atom. The van der Waals surface area contributed by atoms with Crippen LogP contribution < -0.4 is 15.4 Å². The van der Waals surface area contributed by atoms with E-state index in [9.17, 15) is 18.5 Å². The highest BCUT2D eigenvalue weighted by atomic mass is 127. The van der Waals surface area contributed by atoms with Gasteiger partial charge in [0.25, 0.3) is 5.69 Å². The van der Waals surface area contributed by atoms with Crippen LogP contribution in [-0.2, 0) is 23.6 Å². The van der Waals surface area contributed by atoms with Crippen LogP contribution in [-0.4, -0.2) is 49.2 Å². The Morgan fingerprint density at radius 1 is 1.29 bits per heavy atom. The monoisotopic (exact) mass is 523 g/mol.